The molecule has 2 rings (SSSR count). The van der Waals surface area contributed by atoms with Crippen molar-refractivity contribution in [1.82, 2.24) is 4.90 Å². The van der Waals surface area contributed by atoms with Gasteiger partial charge in [-0.05, 0) is 24.1 Å². The normalized spacial score (nSPS) is 15.8. The van der Waals surface area contributed by atoms with Crippen LogP contribution < -0.4 is 4.74 Å². The SMILES string of the molecule is O=C(O)COc1ccc(CC=C2SC(=S)N(CC(=O)O)C2=O)cc1. The molecular weight excluding hydrogens is 354 g/mol. The summed E-state index contributed by atoms with van der Waals surface area (Å²) >= 11 is 6.08. The Morgan fingerprint density at radius 3 is 2.46 bits per heavy atom. The molecule has 1 aromatic carbocycles. The van der Waals surface area contributed by atoms with Crippen LogP contribution in [0.2, 0.25) is 0 Å². The third-order valence-electron chi connectivity index (χ3n) is 2.98. The van der Waals surface area contributed by atoms with Gasteiger partial charge in [-0.1, -0.05) is 42.2 Å². The topological polar surface area (TPSA) is 104 Å². The van der Waals surface area contributed by atoms with E-state index in [1.54, 1.807) is 30.3 Å². The van der Waals surface area contributed by atoms with Crippen molar-refractivity contribution in [2.24, 2.45) is 0 Å². The van der Waals surface area contributed by atoms with Crippen LogP contribution in [-0.4, -0.2) is 50.4 Å². The summed E-state index contributed by atoms with van der Waals surface area (Å²) in [6, 6.07) is 6.79. The molecule has 0 atom stereocenters. The van der Waals surface area contributed by atoms with Gasteiger partial charge in [0.05, 0.1) is 4.91 Å². The molecule has 9 heteroatoms. The number of hydrogen-bond acceptors (Lipinski definition) is 6. The fraction of sp³-hybridized carbons (Fsp3) is 0.200. The molecule has 24 heavy (non-hydrogen) atoms. The number of amides is 1. The van der Waals surface area contributed by atoms with Gasteiger partial charge in [-0.3, -0.25) is 14.5 Å². The molecule has 7 nitrogen and oxygen atoms in total. The molecule has 1 aromatic rings. The molecule has 1 saturated heterocycles. The molecule has 1 aliphatic rings. The van der Waals surface area contributed by atoms with Gasteiger partial charge >= 0.3 is 11.9 Å². The maximum absolute atomic E-state index is 12.1. The van der Waals surface area contributed by atoms with Gasteiger partial charge in [-0.15, -0.1) is 0 Å². The second kappa shape index (κ2) is 7.93. The van der Waals surface area contributed by atoms with Crippen molar-refractivity contribution in [3.05, 3.63) is 40.8 Å². The molecule has 0 saturated carbocycles. The number of thiocarbonyl (C=S) groups is 1. The molecule has 1 aliphatic heterocycles. The summed E-state index contributed by atoms with van der Waals surface area (Å²) in [6.07, 6.45) is 2.14. The Kier molecular flexibility index (Phi) is 5.93. The zero-order valence-electron chi connectivity index (χ0n) is 12.3. The van der Waals surface area contributed by atoms with E-state index in [1.807, 2.05) is 0 Å². The smallest absolute Gasteiger partial charge is 0.341 e. The standard InChI is InChI=1S/C15H13NO6S2/c17-12(18)7-16-14(21)11(24-15(16)23)6-3-9-1-4-10(5-2-9)22-8-13(19)20/h1-2,4-6H,3,7-8H2,(H,17,18)(H,19,20). The Balaban J connectivity index is 1.98. The lowest BCUT2D eigenvalue weighted by molar-refractivity contribution is -0.140. The minimum Gasteiger partial charge on any atom is -0.482 e. The summed E-state index contributed by atoms with van der Waals surface area (Å²) in [6.45, 7) is -0.858. The number of carbonyl (C=O) groups excluding carboxylic acids is 1. The summed E-state index contributed by atoms with van der Waals surface area (Å²) in [4.78, 5) is 34.7. The van der Waals surface area contributed by atoms with Gasteiger partial charge < -0.3 is 14.9 Å². The number of thioether (sulfide) groups is 1. The summed E-state index contributed by atoms with van der Waals surface area (Å²) in [5.74, 6) is -2.14. The minimum atomic E-state index is -1.12. The van der Waals surface area contributed by atoms with E-state index in [2.05, 4.69) is 0 Å². The van der Waals surface area contributed by atoms with Crippen molar-refractivity contribution in [3.8, 4) is 5.75 Å². The van der Waals surface area contributed by atoms with E-state index in [1.165, 1.54) is 0 Å². The molecule has 0 bridgehead atoms. The van der Waals surface area contributed by atoms with Crippen LogP contribution in [0.15, 0.2) is 35.2 Å². The summed E-state index contributed by atoms with van der Waals surface area (Å²) in [7, 11) is 0. The zero-order chi connectivity index (χ0) is 17.7. The highest BCUT2D eigenvalue weighted by Gasteiger charge is 2.33. The maximum atomic E-state index is 12.1. The zero-order valence-corrected chi connectivity index (χ0v) is 13.9. The van der Waals surface area contributed by atoms with E-state index in [0.717, 1.165) is 22.2 Å². The van der Waals surface area contributed by atoms with Crippen LogP contribution in [0.1, 0.15) is 5.56 Å². The van der Waals surface area contributed by atoms with Crippen molar-refractivity contribution in [2.75, 3.05) is 13.2 Å². The number of carboxylic acids is 2. The Morgan fingerprint density at radius 2 is 1.88 bits per heavy atom. The first-order valence-electron chi connectivity index (χ1n) is 6.76. The van der Waals surface area contributed by atoms with E-state index in [0.29, 0.717) is 17.1 Å². The van der Waals surface area contributed by atoms with Crippen LogP contribution in [-0.2, 0) is 20.8 Å². The largest absolute Gasteiger partial charge is 0.482 e. The van der Waals surface area contributed by atoms with E-state index in [-0.39, 0.29) is 4.32 Å². The number of hydrogen-bond donors (Lipinski definition) is 2. The lowest BCUT2D eigenvalue weighted by Crippen LogP contribution is -2.33. The molecule has 2 N–H and O–H groups in total. The fourth-order valence-corrected chi connectivity index (χ4v) is 3.11. The highest BCUT2D eigenvalue weighted by atomic mass is 32.2. The van der Waals surface area contributed by atoms with Crippen molar-refractivity contribution >= 4 is 46.1 Å². The predicted molar refractivity (Wildman–Crippen MR) is 90.9 cm³/mol. The molecule has 1 heterocycles. The summed E-state index contributed by atoms with van der Waals surface area (Å²) in [5, 5.41) is 17.3. The Labute approximate surface area is 146 Å². The van der Waals surface area contributed by atoms with Crippen LogP contribution in [0, 0.1) is 0 Å². The maximum Gasteiger partial charge on any atom is 0.341 e. The first-order chi connectivity index (χ1) is 11.4. The molecule has 1 fully saturated rings. The second-order valence-electron chi connectivity index (χ2n) is 4.75. The number of allylic oxidation sites excluding steroid dienone is 1. The van der Waals surface area contributed by atoms with Crippen LogP contribution in [0.25, 0.3) is 0 Å². The van der Waals surface area contributed by atoms with Crippen LogP contribution >= 0.6 is 24.0 Å². The molecule has 0 spiro atoms. The van der Waals surface area contributed by atoms with Gasteiger partial charge in [0.15, 0.2) is 6.61 Å². The van der Waals surface area contributed by atoms with Crippen LogP contribution in [0.5, 0.6) is 5.75 Å². The molecular formula is C15H13NO6S2. The van der Waals surface area contributed by atoms with E-state index in [4.69, 9.17) is 27.2 Å². The van der Waals surface area contributed by atoms with Gasteiger partial charge in [-0.2, -0.15) is 0 Å². The van der Waals surface area contributed by atoms with Gasteiger partial charge in [0.1, 0.15) is 16.6 Å². The lowest BCUT2D eigenvalue weighted by atomic mass is 10.1. The number of ether oxygens (including phenoxy) is 1. The number of nitrogens with zero attached hydrogens (tertiary/aromatic N) is 1. The number of carbonyl (C=O) groups is 3. The van der Waals surface area contributed by atoms with E-state index in [9.17, 15) is 14.4 Å². The summed E-state index contributed by atoms with van der Waals surface area (Å²) in [5.41, 5.74) is 0.890. The fourth-order valence-electron chi connectivity index (χ4n) is 1.89. The van der Waals surface area contributed by atoms with Gasteiger partial charge in [0.2, 0.25) is 0 Å². The van der Waals surface area contributed by atoms with Crippen molar-refractivity contribution in [2.45, 2.75) is 6.42 Å². The second-order valence-corrected chi connectivity index (χ2v) is 6.43. The monoisotopic (exact) mass is 367 g/mol. The Morgan fingerprint density at radius 1 is 1.21 bits per heavy atom. The van der Waals surface area contributed by atoms with Crippen LogP contribution in [0.4, 0.5) is 0 Å². The lowest BCUT2D eigenvalue weighted by Gasteiger charge is -2.10. The molecule has 126 valence electrons. The number of carboxylic acid groups (broad SMARTS) is 2. The Bertz CT molecular complexity index is 713. The first-order valence-corrected chi connectivity index (χ1v) is 7.98. The van der Waals surface area contributed by atoms with Gasteiger partial charge in [0.25, 0.3) is 5.91 Å². The molecule has 1 amide bonds. The highest BCUT2D eigenvalue weighted by Crippen LogP contribution is 2.31. The minimum absolute atomic E-state index is 0.228. The van der Waals surface area contributed by atoms with Crippen molar-refractivity contribution in [1.29, 1.82) is 0 Å². The average molecular weight is 367 g/mol. The summed E-state index contributed by atoms with van der Waals surface area (Å²) < 4.78 is 5.26. The van der Waals surface area contributed by atoms with Crippen LogP contribution in [0.3, 0.4) is 0 Å². The third-order valence-corrected chi connectivity index (χ3v) is 4.40. The predicted octanol–water partition coefficient (Wildman–Crippen LogP) is 1.52. The number of rotatable bonds is 7. The Hall–Kier alpha value is -2.39. The molecule has 0 unspecified atom stereocenters. The first kappa shape index (κ1) is 18.0. The van der Waals surface area contributed by atoms with E-state index >= 15 is 0 Å². The molecule has 0 radical (unpaired) electrons. The number of benzene rings is 1. The van der Waals surface area contributed by atoms with Crippen molar-refractivity contribution < 1.29 is 29.3 Å². The average Bonchev–Trinajstić information content (AvgIpc) is 2.79. The van der Waals surface area contributed by atoms with Gasteiger partial charge in [-0.25, -0.2) is 4.79 Å². The van der Waals surface area contributed by atoms with Gasteiger partial charge in [0, 0.05) is 0 Å². The molecule has 0 aliphatic carbocycles. The molecule has 0 aromatic heterocycles. The number of aliphatic carboxylic acids is 2. The highest BCUT2D eigenvalue weighted by molar-refractivity contribution is 8.26. The third kappa shape index (κ3) is 4.80. The van der Waals surface area contributed by atoms with Crippen molar-refractivity contribution in [3.63, 3.8) is 0 Å². The quantitative estimate of drug-likeness (QED) is 0.552. The van der Waals surface area contributed by atoms with E-state index < -0.39 is 31.0 Å².